The number of hydrogen-bond acceptors (Lipinski definition) is 5. The van der Waals surface area contributed by atoms with E-state index in [4.69, 9.17) is 11.6 Å². The van der Waals surface area contributed by atoms with E-state index >= 15 is 0 Å². The number of carbonyl (C=O) groups excluding carboxylic acids is 2. The summed E-state index contributed by atoms with van der Waals surface area (Å²) >= 11 is 6.04. The lowest BCUT2D eigenvalue weighted by molar-refractivity contribution is -0.122. The number of allylic oxidation sites excluding steroid dienone is 3. The van der Waals surface area contributed by atoms with Gasteiger partial charge in [0.05, 0.1) is 17.3 Å². The maximum absolute atomic E-state index is 13.8. The normalized spacial score (nSPS) is 18.1. The highest BCUT2D eigenvalue weighted by atomic mass is 35.5. The molecule has 0 fully saturated rings. The van der Waals surface area contributed by atoms with Gasteiger partial charge in [-0.15, -0.1) is 0 Å². The summed E-state index contributed by atoms with van der Waals surface area (Å²) in [5, 5.41) is 15.9. The molecule has 3 N–H and O–H groups in total. The van der Waals surface area contributed by atoms with Crippen LogP contribution in [0, 0.1) is 0 Å². The Morgan fingerprint density at radius 2 is 2.18 bits per heavy atom. The molecule has 1 aliphatic carbocycles. The Bertz CT molecular complexity index is 1310. The molecule has 0 radical (unpaired) electrons. The Kier molecular flexibility index (Phi) is 6.22. The zero-order chi connectivity index (χ0) is 24.6. The van der Waals surface area contributed by atoms with Crippen LogP contribution in [0.4, 0.5) is 8.78 Å². The minimum absolute atomic E-state index is 0.174. The van der Waals surface area contributed by atoms with E-state index in [0.717, 1.165) is 11.8 Å². The lowest BCUT2D eigenvalue weighted by atomic mass is 9.88. The molecule has 9 nitrogen and oxygen atoms in total. The third-order valence-corrected chi connectivity index (χ3v) is 6.04. The topological polar surface area (TPSA) is 117 Å². The van der Waals surface area contributed by atoms with Crippen molar-refractivity contribution in [3.63, 3.8) is 0 Å². The number of halogens is 3. The molecule has 1 aliphatic rings. The van der Waals surface area contributed by atoms with Gasteiger partial charge in [-0.3, -0.25) is 14.7 Å². The van der Waals surface area contributed by atoms with Crippen molar-refractivity contribution in [1.29, 1.82) is 0 Å². The summed E-state index contributed by atoms with van der Waals surface area (Å²) in [5.74, 6) is -1.29. The fraction of sp³-hybridized carbons (Fsp3) is 0.318. The number of amides is 2. The van der Waals surface area contributed by atoms with E-state index in [-0.39, 0.29) is 16.5 Å². The standard InChI is InChI=1S/C22H22ClF2N7O2/c1-11(15-4-5-28-30-15)12(20(24)25)6-17(27-10-33)29-21(34)13-8-22(2,3)19-14(13)9-26-18-7-16(23)31-32(18)19/h4-7,9-10,13,20H,8H2,1-3H3,(H,27,33)(H,28,30)(H,29,34)/b12-11-,17-6+. The molecule has 0 spiro atoms. The highest BCUT2D eigenvalue weighted by Gasteiger charge is 2.43. The molecule has 12 heteroatoms. The number of aromatic amines is 1. The van der Waals surface area contributed by atoms with E-state index in [1.54, 1.807) is 22.8 Å². The van der Waals surface area contributed by atoms with Crippen LogP contribution in [0.15, 0.2) is 42.0 Å². The summed E-state index contributed by atoms with van der Waals surface area (Å²) in [4.78, 5) is 28.8. The first-order chi connectivity index (χ1) is 16.1. The van der Waals surface area contributed by atoms with Gasteiger partial charge in [0.15, 0.2) is 10.8 Å². The zero-order valence-corrected chi connectivity index (χ0v) is 19.3. The molecule has 0 saturated carbocycles. The van der Waals surface area contributed by atoms with Crippen molar-refractivity contribution in [3.05, 3.63) is 64.1 Å². The summed E-state index contributed by atoms with van der Waals surface area (Å²) in [6.07, 6.45) is 2.01. The highest BCUT2D eigenvalue weighted by Crippen LogP contribution is 2.45. The van der Waals surface area contributed by atoms with Crippen molar-refractivity contribution < 1.29 is 18.4 Å². The van der Waals surface area contributed by atoms with Gasteiger partial charge < -0.3 is 10.6 Å². The van der Waals surface area contributed by atoms with Gasteiger partial charge in [0.1, 0.15) is 5.82 Å². The van der Waals surface area contributed by atoms with E-state index < -0.39 is 29.2 Å². The Morgan fingerprint density at radius 1 is 1.41 bits per heavy atom. The van der Waals surface area contributed by atoms with Gasteiger partial charge in [-0.2, -0.15) is 10.2 Å². The number of nitrogens with one attached hydrogen (secondary N) is 3. The number of rotatable bonds is 7. The average molecular weight is 490 g/mol. The van der Waals surface area contributed by atoms with E-state index in [1.165, 1.54) is 13.1 Å². The second kappa shape index (κ2) is 8.98. The van der Waals surface area contributed by atoms with Crippen molar-refractivity contribution in [3.8, 4) is 0 Å². The number of aromatic nitrogens is 5. The van der Waals surface area contributed by atoms with Gasteiger partial charge in [-0.25, -0.2) is 18.3 Å². The Morgan fingerprint density at radius 3 is 2.82 bits per heavy atom. The predicted molar refractivity (Wildman–Crippen MR) is 121 cm³/mol. The Hall–Kier alpha value is -3.60. The molecule has 1 unspecified atom stereocenters. The molecule has 34 heavy (non-hydrogen) atoms. The van der Waals surface area contributed by atoms with Crippen LogP contribution in [0.25, 0.3) is 11.2 Å². The monoisotopic (exact) mass is 489 g/mol. The van der Waals surface area contributed by atoms with Gasteiger partial charge in [-0.05, 0) is 31.1 Å². The number of nitrogens with zero attached hydrogens (tertiary/aromatic N) is 4. The maximum Gasteiger partial charge on any atom is 0.264 e. The number of hydrogen-bond donors (Lipinski definition) is 3. The molecule has 1 atom stereocenters. The van der Waals surface area contributed by atoms with Crippen LogP contribution in [-0.4, -0.2) is 43.5 Å². The quantitative estimate of drug-likeness (QED) is 0.348. The fourth-order valence-corrected chi connectivity index (χ4v) is 4.48. The van der Waals surface area contributed by atoms with Gasteiger partial charge in [0.2, 0.25) is 12.3 Å². The maximum atomic E-state index is 13.8. The molecular formula is C22H22ClF2N7O2. The minimum Gasteiger partial charge on any atom is -0.315 e. The first-order valence-corrected chi connectivity index (χ1v) is 10.8. The lowest BCUT2D eigenvalue weighted by Crippen LogP contribution is -2.34. The Labute approximate surface area is 198 Å². The SMILES string of the molecule is C/C(=C(\C=C(/NC=O)NC(=O)C1CC(C)(C)c2c1cnc1cc(Cl)nn21)C(F)F)c1cc[nH]n1. The van der Waals surface area contributed by atoms with Gasteiger partial charge in [0, 0.05) is 35.0 Å². The van der Waals surface area contributed by atoms with Crippen LogP contribution in [-0.2, 0) is 15.0 Å². The second-order valence-corrected chi connectivity index (χ2v) is 8.98. The van der Waals surface area contributed by atoms with Crippen LogP contribution in [0.3, 0.4) is 0 Å². The molecule has 0 aromatic carbocycles. The first kappa shape index (κ1) is 23.6. The van der Waals surface area contributed by atoms with Crippen molar-refractivity contribution in [2.75, 3.05) is 0 Å². The average Bonchev–Trinajstić information content (AvgIpc) is 3.48. The number of carbonyl (C=O) groups is 2. The third kappa shape index (κ3) is 4.30. The lowest BCUT2D eigenvalue weighted by Gasteiger charge is -2.19. The molecule has 0 bridgehead atoms. The summed E-state index contributed by atoms with van der Waals surface area (Å²) in [7, 11) is 0. The molecule has 0 aliphatic heterocycles. The van der Waals surface area contributed by atoms with Gasteiger partial charge in [0.25, 0.3) is 6.43 Å². The number of H-pyrrole nitrogens is 1. The van der Waals surface area contributed by atoms with E-state index in [9.17, 15) is 18.4 Å². The van der Waals surface area contributed by atoms with Gasteiger partial charge in [-0.1, -0.05) is 25.4 Å². The van der Waals surface area contributed by atoms with Crippen LogP contribution in [0.2, 0.25) is 5.15 Å². The molecule has 3 aromatic rings. The molecule has 178 valence electrons. The minimum atomic E-state index is -2.87. The summed E-state index contributed by atoms with van der Waals surface area (Å²) in [6, 6.07) is 3.17. The second-order valence-electron chi connectivity index (χ2n) is 8.59. The first-order valence-electron chi connectivity index (χ1n) is 10.4. The van der Waals surface area contributed by atoms with E-state index in [1.807, 2.05) is 13.8 Å². The van der Waals surface area contributed by atoms with E-state index in [2.05, 4.69) is 30.9 Å². The van der Waals surface area contributed by atoms with Crippen molar-refractivity contribution in [2.45, 2.75) is 45.0 Å². The summed E-state index contributed by atoms with van der Waals surface area (Å²) in [6.45, 7) is 5.43. The molecule has 4 rings (SSSR count). The van der Waals surface area contributed by atoms with Crippen molar-refractivity contribution in [1.82, 2.24) is 35.4 Å². The molecular weight excluding hydrogens is 468 g/mol. The summed E-state index contributed by atoms with van der Waals surface area (Å²) < 4.78 is 29.3. The summed E-state index contributed by atoms with van der Waals surface area (Å²) in [5.41, 5.74) is 1.69. The molecule has 2 amide bonds. The third-order valence-electron chi connectivity index (χ3n) is 5.85. The van der Waals surface area contributed by atoms with Crippen LogP contribution in [0.5, 0.6) is 0 Å². The van der Waals surface area contributed by atoms with Crippen molar-refractivity contribution >= 4 is 35.1 Å². The largest absolute Gasteiger partial charge is 0.315 e. The van der Waals surface area contributed by atoms with Crippen LogP contribution < -0.4 is 10.6 Å². The molecule has 3 heterocycles. The number of alkyl halides is 2. The predicted octanol–water partition coefficient (Wildman–Crippen LogP) is 3.31. The van der Waals surface area contributed by atoms with Crippen molar-refractivity contribution in [2.24, 2.45) is 0 Å². The van der Waals surface area contributed by atoms with Gasteiger partial charge >= 0.3 is 0 Å². The Balaban J connectivity index is 1.69. The molecule has 3 aromatic heterocycles. The van der Waals surface area contributed by atoms with Crippen LogP contribution in [0.1, 0.15) is 50.1 Å². The number of fused-ring (bicyclic) bond motifs is 3. The zero-order valence-electron chi connectivity index (χ0n) is 18.6. The smallest absolute Gasteiger partial charge is 0.264 e. The van der Waals surface area contributed by atoms with E-state index in [0.29, 0.717) is 29.7 Å². The van der Waals surface area contributed by atoms with Crippen LogP contribution >= 0.6 is 11.6 Å². The highest BCUT2D eigenvalue weighted by molar-refractivity contribution is 6.29. The molecule has 0 saturated heterocycles. The fourth-order valence-electron chi connectivity index (χ4n) is 4.31.